The summed E-state index contributed by atoms with van der Waals surface area (Å²) in [6, 6.07) is 11.8. The van der Waals surface area contributed by atoms with Crippen molar-refractivity contribution >= 4 is 23.2 Å². The van der Waals surface area contributed by atoms with Crippen LogP contribution in [0.4, 0.5) is 17.3 Å². The van der Waals surface area contributed by atoms with Gasteiger partial charge in [0.25, 0.3) is 5.91 Å². The van der Waals surface area contributed by atoms with Crippen molar-refractivity contribution in [1.82, 2.24) is 20.3 Å². The van der Waals surface area contributed by atoms with Gasteiger partial charge in [-0.25, -0.2) is 9.97 Å². The van der Waals surface area contributed by atoms with Gasteiger partial charge in [0, 0.05) is 57.6 Å². The largest absolute Gasteiger partial charge is 0.497 e. The number of hydrogen-bond donors (Lipinski definition) is 2. The summed E-state index contributed by atoms with van der Waals surface area (Å²) in [6.07, 6.45) is 6.09. The molecule has 1 atom stereocenters. The molecule has 0 aliphatic carbocycles. The van der Waals surface area contributed by atoms with Gasteiger partial charge in [-0.15, -0.1) is 0 Å². The van der Waals surface area contributed by atoms with Crippen molar-refractivity contribution in [3.63, 3.8) is 0 Å². The van der Waals surface area contributed by atoms with Crippen LogP contribution in [0.25, 0.3) is 0 Å². The number of carbonyl (C=O) groups excluding carboxylic acids is 1. The first-order valence-corrected chi connectivity index (χ1v) is 11.6. The molecule has 1 aromatic carbocycles. The summed E-state index contributed by atoms with van der Waals surface area (Å²) in [7, 11) is 1.68. The van der Waals surface area contributed by atoms with Crippen LogP contribution in [0, 0.1) is 0 Å². The Kier molecular flexibility index (Phi) is 6.53. The number of hydrogen-bond acceptors (Lipinski definition) is 8. The average Bonchev–Trinajstić information content (AvgIpc) is 3.40. The van der Waals surface area contributed by atoms with Crippen LogP contribution in [0.1, 0.15) is 28.4 Å². The lowest BCUT2D eigenvalue weighted by molar-refractivity contribution is 0.102. The van der Waals surface area contributed by atoms with E-state index < -0.39 is 0 Å². The Balaban J connectivity index is 1.29. The minimum absolute atomic E-state index is 0.267. The van der Waals surface area contributed by atoms with Crippen molar-refractivity contribution < 1.29 is 9.53 Å². The summed E-state index contributed by atoms with van der Waals surface area (Å²) >= 11 is 0. The molecule has 1 unspecified atom stereocenters. The van der Waals surface area contributed by atoms with Gasteiger partial charge in [-0.05, 0) is 36.2 Å². The van der Waals surface area contributed by atoms with Crippen molar-refractivity contribution in [3.8, 4) is 5.75 Å². The summed E-state index contributed by atoms with van der Waals surface area (Å²) in [5.74, 6) is 1.54. The molecule has 9 nitrogen and oxygen atoms in total. The van der Waals surface area contributed by atoms with E-state index in [0.29, 0.717) is 23.2 Å². The number of nitrogens with one attached hydrogen (secondary N) is 2. The van der Waals surface area contributed by atoms with E-state index in [1.807, 2.05) is 18.2 Å². The molecule has 2 aliphatic heterocycles. The van der Waals surface area contributed by atoms with Crippen molar-refractivity contribution in [2.45, 2.75) is 12.3 Å². The Bertz CT molecular complexity index is 1150. The van der Waals surface area contributed by atoms with E-state index in [1.165, 1.54) is 5.56 Å². The first-order chi connectivity index (χ1) is 16.7. The number of piperazine rings is 1. The van der Waals surface area contributed by atoms with Crippen LogP contribution in [0.3, 0.4) is 0 Å². The number of methoxy groups -OCH3 is 1. The Hall–Kier alpha value is -3.72. The van der Waals surface area contributed by atoms with Gasteiger partial charge >= 0.3 is 0 Å². The van der Waals surface area contributed by atoms with Crippen LogP contribution >= 0.6 is 0 Å². The number of carbonyl (C=O) groups is 1. The highest BCUT2D eigenvalue weighted by atomic mass is 16.5. The van der Waals surface area contributed by atoms with Crippen LogP contribution < -0.4 is 25.2 Å². The zero-order chi connectivity index (χ0) is 23.3. The Labute approximate surface area is 199 Å². The van der Waals surface area contributed by atoms with Crippen molar-refractivity contribution in [2.75, 3.05) is 61.5 Å². The minimum Gasteiger partial charge on any atom is -0.497 e. The number of rotatable bonds is 6. The smallest absolute Gasteiger partial charge is 0.274 e. The van der Waals surface area contributed by atoms with E-state index in [1.54, 1.807) is 31.8 Å². The number of aromatic nitrogens is 3. The molecule has 2 aliphatic rings. The van der Waals surface area contributed by atoms with Gasteiger partial charge in [0.1, 0.15) is 11.4 Å². The lowest BCUT2D eigenvalue weighted by Crippen LogP contribution is -2.43. The van der Waals surface area contributed by atoms with Gasteiger partial charge < -0.3 is 25.2 Å². The van der Waals surface area contributed by atoms with E-state index in [9.17, 15) is 4.79 Å². The summed E-state index contributed by atoms with van der Waals surface area (Å²) < 4.78 is 5.37. The van der Waals surface area contributed by atoms with Crippen molar-refractivity contribution in [2.24, 2.45) is 0 Å². The van der Waals surface area contributed by atoms with Gasteiger partial charge in [0.15, 0.2) is 0 Å². The molecule has 2 saturated heterocycles. The SMILES string of the molecule is COc1cccc(C2CCN(c3nccc(C(=O)Nc4cnccc4N4CCNCC4)n3)C2)c1. The lowest BCUT2D eigenvalue weighted by Gasteiger charge is -2.30. The predicted octanol–water partition coefficient (Wildman–Crippen LogP) is 2.54. The maximum atomic E-state index is 13.1. The first-order valence-electron chi connectivity index (χ1n) is 11.6. The minimum atomic E-state index is -0.267. The van der Waals surface area contributed by atoms with E-state index in [0.717, 1.165) is 57.1 Å². The summed E-state index contributed by atoms with van der Waals surface area (Å²) in [5.41, 5.74) is 3.24. The molecule has 2 N–H and O–H groups in total. The monoisotopic (exact) mass is 459 g/mol. The van der Waals surface area contributed by atoms with Crippen LogP contribution in [0.5, 0.6) is 5.75 Å². The summed E-state index contributed by atoms with van der Waals surface area (Å²) in [6.45, 7) is 5.23. The van der Waals surface area contributed by atoms with E-state index in [4.69, 9.17) is 4.74 Å². The van der Waals surface area contributed by atoms with Gasteiger partial charge in [-0.2, -0.15) is 0 Å². The maximum absolute atomic E-state index is 13.1. The highest BCUT2D eigenvalue weighted by Crippen LogP contribution is 2.31. The number of anilines is 3. The zero-order valence-corrected chi connectivity index (χ0v) is 19.3. The van der Waals surface area contributed by atoms with Gasteiger partial charge in [-0.1, -0.05) is 12.1 Å². The molecule has 0 bridgehead atoms. The maximum Gasteiger partial charge on any atom is 0.274 e. The van der Waals surface area contributed by atoms with Crippen LogP contribution in [-0.4, -0.2) is 67.2 Å². The molecule has 2 aromatic heterocycles. The predicted molar refractivity (Wildman–Crippen MR) is 132 cm³/mol. The lowest BCUT2D eigenvalue weighted by atomic mass is 9.98. The molecule has 1 amide bonds. The van der Waals surface area contributed by atoms with Crippen LogP contribution in [0.15, 0.2) is 55.0 Å². The number of ether oxygens (including phenoxy) is 1. The second-order valence-electron chi connectivity index (χ2n) is 8.53. The number of pyridine rings is 1. The highest BCUT2D eigenvalue weighted by Gasteiger charge is 2.26. The summed E-state index contributed by atoms with van der Waals surface area (Å²) in [4.78, 5) is 30.7. The van der Waals surface area contributed by atoms with Gasteiger partial charge in [0.2, 0.25) is 5.95 Å². The molecule has 5 rings (SSSR count). The fourth-order valence-corrected chi connectivity index (χ4v) is 4.59. The molecule has 2 fully saturated rings. The average molecular weight is 460 g/mol. The molecular weight excluding hydrogens is 430 g/mol. The second-order valence-corrected chi connectivity index (χ2v) is 8.53. The molecule has 4 heterocycles. The topological polar surface area (TPSA) is 95.5 Å². The summed E-state index contributed by atoms with van der Waals surface area (Å²) in [5, 5.41) is 6.35. The van der Waals surface area contributed by atoms with Crippen LogP contribution in [-0.2, 0) is 0 Å². The van der Waals surface area contributed by atoms with E-state index >= 15 is 0 Å². The molecule has 0 spiro atoms. The molecule has 176 valence electrons. The number of amides is 1. The van der Waals surface area contributed by atoms with Crippen molar-refractivity contribution in [1.29, 1.82) is 0 Å². The number of benzene rings is 1. The Morgan fingerprint density at radius 3 is 2.85 bits per heavy atom. The fraction of sp³-hybridized carbons (Fsp3) is 0.360. The van der Waals surface area contributed by atoms with E-state index in [2.05, 4.69) is 47.5 Å². The third-order valence-electron chi connectivity index (χ3n) is 6.42. The first kappa shape index (κ1) is 22.1. The van der Waals surface area contributed by atoms with E-state index in [-0.39, 0.29) is 5.91 Å². The standard InChI is InChI=1S/C25H29N7O2/c1-34-20-4-2-3-18(15-20)19-7-12-32(17-19)25-28-9-5-21(30-25)24(33)29-22-16-27-8-6-23(22)31-13-10-26-11-14-31/h2-6,8-9,15-16,19,26H,7,10-14,17H2,1H3,(H,29,33). The molecule has 3 aromatic rings. The third-order valence-corrected chi connectivity index (χ3v) is 6.42. The van der Waals surface area contributed by atoms with Gasteiger partial charge in [0.05, 0.1) is 24.7 Å². The molecule has 0 radical (unpaired) electrons. The quantitative estimate of drug-likeness (QED) is 0.581. The Morgan fingerprint density at radius 2 is 2.00 bits per heavy atom. The normalized spacial score (nSPS) is 18.1. The second kappa shape index (κ2) is 10.0. The van der Waals surface area contributed by atoms with Crippen molar-refractivity contribution in [3.05, 3.63) is 66.2 Å². The van der Waals surface area contributed by atoms with Crippen LogP contribution in [0.2, 0.25) is 0 Å². The number of nitrogens with zero attached hydrogens (tertiary/aromatic N) is 5. The highest BCUT2D eigenvalue weighted by molar-refractivity contribution is 6.04. The third kappa shape index (κ3) is 4.79. The Morgan fingerprint density at radius 1 is 1.12 bits per heavy atom. The molecule has 9 heteroatoms. The van der Waals surface area contributed by atoms with Gasteiger partial charge in [-0.3, -0.25) is 9.78 Å². The fourth-order valence-electron chi connectivity index (χ4n) is 4.59. The molecule has 34 heavy (non-hydrogen) atoms. The molecule has 0 saturated carbocycles. The molecular formula is C25H29N7O2. The zero-order valence-electron chi connectivity index (χ0n) is 19.3.